The maximum absolute atomic E-state index is 12.3. The van der Waals surface area contributed by atoms with E-state index in [-0.39, 0.29) is 12.3 Å². The zero-order valence-electron chi connectivity index (χ0n) is 16.3. The highest BCUT2D eigenvalue weighted by molar-refractivity contribution is 7.15. The Morgan fingerprint density at radius 1 is 1.17 bits per heavy atom. The molecule has 1 amide bonds. The number of para-hydroxylation sites is 1. The molecule has 0 bridgehead atoms. The SMILES string of the molecule is Cn1c(-c2ccccc2)c(/C=N/NC(=O)Cc2cn3ccsc3n2)c2ccccc21. The van der Waals surface area contributed by atoms with Crippen molar-refractivity contribution >= 4 is 39.3 Å². The lowest BCUT2D eigenvalue weighted by atomic mass is 10.1. The van der Waals surface area contributed by atoms with Gasteiger partial charge in [0.1, 0.15) is 0 Å². The van der Waals surface area contributed by atoms with Crippen molar-refractivity contribution in [3.05, 3.63) is 83.6 Å². The van der Waals surface area contributed by atoms with Crippen molar-refractivity contribution in [3.8, 4) is 11.3 Å². The van der Waals surface area contributed by atoms with E-state index in [1.807, 2.05) is 59.6 Å². The first-order valence-electron chi connectivity index (χ1n) is 9.56. The van der Waals surface area contributed by atoms with Crippen molar-refractivity contribution in [2.45, 2.75) is 6.42 Å². The quantitative estimate of drug-likeness (QED) is 0.346. The van der Waals surface area contributed by atoms with Gasteiger partial charge in [-0.15, -0.1) is 11.3 Å². The highest BCUT2D eigenvalue weighted by Gasteiger charge is 2.15. The Morgan fingerprint density at radius 2 is 1.97 bits per heavy atom. The van der Waals surface area contributed by atoms with E-state index in [0.29, 0.717) is 0 Å². The number of aryl methyl sites for hydroxylation is 1. The van der Waals surface area contributed by atoms with Crippen LogP contribution in [-0.2, 0) is 18.3 Å². The summed E-state index contributed by atoms with van der Waals surface area (Å²) in [4.78, 5) is 17.7. The van der Waals surface area contributed by atoms with Gasteiger partial charge in [-0.2, -0.15) is 5.10 Å². The summed E-state index contributed by atoms with van der Waals surface area (Å²) in [6.45, 7) is 0. The van der Waals surface area contributed by atoms with Gasteiger partial charge in [0.2, 0.25) is 5.91 Å². The molecular weight excluding hydrogens is 394 g/mol. The Balaban J connectivity index is 1.42. The van der Waals surface area contributed by atoms with E-state index in [4.69, 9.17) is 0 Å². The van der Waals surface area contributed by atoms with Crippen LogP contribution in [0.25, 0.3) is 27.1 Å². The second-order valence-corrected chi connectivity index (χ2v) is 7.87. The lowest BCUT2D eigenvalue weighted by Crippen LogP contribution is -2.20. The number of aromatic nitrogens is 3. The van der Waals surface area contributed by atoms with Gasteiger partial charge < -0.3 is 4.57 Å². The molecule has 0 atom stereocenters. The number of carbonyl (C=O) groups excluding carboxylic acids is 1. The van der Waals surface area contributed by atoms with E-state index in [1.54, 1.807) is 17.6 Å². The Hall–Kier alpha value is -3.71. The second kappa shape index (κ2) is 7.61. The summed E-state index contributed by atoms with van der Waals surface area (Å²) < 4.78 is 4.07. The Morgan fingerprint density at radius 3 is 2.80 bits per heavy atom. The number of thiazole rings is 1. The van der Waals surface area contributed by atoms with Crippen LogP contribution in [0.15, 0.2) is 77.5 Å². The molecule has 5 rings (SSSR count). The minimum absolute atomic E-state index is 0.187. The minimum Gasteiger partial charge on any atom is -0.343 e. The number of rotatable bonds is 5. The molecule has 0 saturated carbocycles. The van der Waals surface area contributed by atoms with Crippen LogP contribution < -0.4 is 5.43 Å². The zero-order valence-corrected chi connectivity index (χ0v) is 17.1. The van der Waals surface area contributed by atoms with Crippen LogP contribution in [0.1, 0.15) is 11.3 Å². The fraction of sp³-hybridized carbons (Fsp3) is 0.0870. The van der Waals surface area contributed by atoms with Gasteiger partial charge in [-0.05, 0) is 11.6 Å². The maximum Gasteiger partial charge on any atom is 0.246 e. The molecule has 0 spiro atoms. The van der Waals surface area contributed by atoms with Crippen LogP contribution in [-0.4, -0.2) is 26.1 Å². The number of imidazole rings is 1. The summed E-state index contributed by atoms with van der Waals surface area (Å²) in [7, 11) is 2.05. The van der Waals surface area contributed by atoms with Gasteiger partial charge in [-0.3, -0.25) is 9.20 Å². The molecule has 30 heavy (non-hydrogen) atoms. The third-order valence-electron chi connectivity index (χ3n) is 5.06. The van der Waals surface area contributed by atoms with Crippen LogP contribution >= 0.6 is 11.3 Å². The van der Waals surface area contributed by atoms with Gasteiger partial charge in [-0.1, -0.05) is 48.5 Å². The number of benzene rings is 2. The summed E-state index contributed by atoms with van der Waals surface area (Å²) in [6.07, 6.45) is 5.71. The first-order chi connectivity index (χ1) is 14.7. The molecule has 0 fully saturated rings. The van der Waals surface area contributed by atoms with E-state index in [9.17, 15) is 4.79 Å². The predicted molar refractivity (Wildman–Crippen MR) is 121 cm³/mol. The Labute approximate surface area is 177 Å². The monoisotopic (exact) mass is 413 g/mol. The summed E-state index contributed by atoms with van der Waals surface area (Å²) in [5.74, 6) is -0.196. The summed E-state index contributed by atoms with van der Waals surface area (Å²) in [6, 6.07) is 18.4. The summed E-state index contributed by atoms with van der Waals surface area (Å²) in [5.41, 5.74) is 7.62. The molecule has 0 aliphatic carbocycles. The molecule has 0 aliphatic rings. The largest absolute Gasteiger partial charge is 0.343 e. The number of nitrogens with zero attached hydrogens (tertiary/aromatic N) is 4. The van der Waals surface area contributed by atoms with Crippen molar-refractivity contribution in [1.29, 1.82) is 0 Å². The fourth-order valence-electron chi connectivity index (χ4n) is 3.73. The average Bonchev–Trinajstić information content (AvgIpc) is 3.42. The summed E-state index contributed by atoms with van der Waals surface area (Å²) in [5, 5.41) is 7.31. The summed E-state index contributed by atoms with van der Waals surface area (Å²) >= 11 is 1.54. The van der Waals surface area contributed by atoms with Crippen molar-refractivity contribution in [2.75, 3.05) is 0 Å². The standard InChI is InChI=1S/C23H19N5OS/c1-27-20-10-6-5-9-18(20)19(22(27)16-7-3-2-4-8-16)14-24-26-21(29)13-17-15-28-11-12-30-23(28)25-17/h2-12,14-15H,13H2,1H3,(H,26,29)/b24-14+. The van der Waals surface area contributed by atoms with E-state index in [1.165, 1.54) is 0 Å². The van der Waals surface area contributed by atoms with Crippen LogP contribution in [0.5, 0.6) is 0 Å². The van der Waals surface area contributed by atoms with E-state index in [2.05, 4.69) is 44.3 Å². The highest BCUT2D eigenvalue weighted by Crippen LogP contribution is 2.31. The minimum atomic E-state index is -0.196. The molecule has 148 valence electrons. The van der Waals surface area contributed by atoms with E-state index >= 15 is 0 Å². The molecule has 0 unspecified atom stereocenters. The highest BCUT2D eigenvalue weighted by atomic mass is 32.1. The molecular formula is C23H19N5OS. The van der Waals surface area contributed by atoms with Crippen molar-refractivity contribution in [2.24, 2.45) is 12.1 Å². The Bertz CT molecular complexity index is 1350. The molecule has 0 radical (unpaired) electrons. The van der Waals surface area contributed by atoms with Gasteiger partial charge in [0.25, 0.3) is 0 Å². The molecule has 0 aliphatic heterocycles. The fourth-order valence-corrected chi connectivity index (χ4v) is 4.45. The van der Waals surface area contributed by atoms with Crippen LogP contribution in [0.3, 0.4) is 0 Å². The predicted octanol–water partition coefficient (Wildman–Crippen LogP) is 4.25. The average molecular weight is 414 g/mol. The third-order valence-corrected chi connectivity index (χ3v) is 5.83. The molecule has 1 N–H and O–H groups in total. The van der Waals surface area contributed by atoms with Crippen LogP contribution in [0.2, 0.25) is 0 Å². The normalized spacial score (nSPS) is 11.6. The van der Waals surface area contributed by atoms with Crippen LogP contribution in [0, 0.1) is 0 Å². The van der Waals surface area contributed by atoms with Crippen molar-refractivity contribution in [1.82, 2.24) is 19.4 Å². The number of carbonyl (C=O) groups is 1. The first kappa shape index (κ1) is 18.3. The van der Waals surface area contributed by atoms with Gasteiger partial charge in [0, 0.05) is 41.3 Å². The van der Waals surface area contributed by atoms with Gasteiger partial charge in [-0.25, -0.2) is 10.4 Å². The number of hydrogen-bond donors (Lipinski definition) is 1. The number of hydrogen-bond acceptors (Lipinski definition) is 4. The lowest BCUT2D eigenvalue weighted by molar-refractivity contribution is -0.120. The molecule has 0 saturated heterocycles. The molecule has 5 aromatic rings. The van der Waals surface area contributed by atoms with E-state index in [0.717, 1.165) is 38.4 Å². The molecule has 7 heteroatoms. The van der Waals surface area contributed by atoms with E-state index < -0.39 is 0 Å². The lowest BCUT2D eigenvalue weighted by Gasteiger charge is -2.06. The Kier molecular flexibility index (Phi) is 4.65. The van der Waals surface area contributed by atoms with Crippen molar-refractivity contribution in [3.63, 3.8) is 0 Å². The number of nitrogens with one attached hydrogen (secondary N) is 1. The number of amides is 1. The topological polar surface area (TPSA) is 63.7 Å². The van der Waals surface area contributed by atoms with Crippen LogP contribution in [0.4, 0.5) is 0 Å². The zero-order chi connectivity index (χ0) is 20.5. The van der Waals surface area contributed by atoms with Gasteiger partial charge >= 0.3 is 0 Å². The maximum atomic E-state index is 12.3. The van der Waals surface area contributed by atoms with Gasteiger partial charge in [0.15, 0.2) is 4.96 Å². The van der Waals surface area contributed by atoms with Crippen molar-refractivity contribution < 1.29 is 4.79 Å². The molecule has 6 nitrogen and oxygen atoms in total. The first-order valence-corrected chi connectivity index (χ1v) is 10.4. The number of hydrazone groups is 1. The molecule has 3 aromatic heterocycles. The smallest absolute Gasteiger partial charge is 0.246 e. The second-order valence-electron chi connectivity index (χ2n) is 7.00. The molecule has 2 aromatic carbocycles. The third kappa shape index (κ3) is 3.29. The number of fused-ring (bicyclic) bond motifs is 2. The molecule has 3 heterocycles. The van der Waals surface area contributed by atoms with Gasteiger partial charge in [0.05, 0.1) is 24.0 Å².